The molecule has 0 unspecified atom stereocenters. The first kappa shape index (κ1) is 18.2. The third-order valence-corrected chi connectivity index (χ3v) is 4.53. The van der Waals surface area contributed by atoms with E-state index in [2.05, 4.69) is 25.9 Å². The minimum Gasteiger partial charge on any atom is -0.493 e. The smallest absolute Gasteiger partial charge is 0.367 e. The van der Waals surface area contributed by atoms with Gasteiger partial charge in [-0.25, -0.2) is 4.79 Å². The molecule has 5 nitrogen and oxygen atoms in total. The van der Waals surface area contributed by atoms with Crippen molar-refractivity contribution >= 4 is 33.7 Å². The molecule has 3 rings (SSSR count). The van der Waals surface area contributed by atoms with Crippen molar-refractivity contribution in [1.29, 1.82) is 0 Å². The first-order chi connectivity index (χ1) is 12.5. The summed E-state index contributed by atoms with van der Waals surface area (Å²) in [6.07, 6.45) is 1.71. The Morgan fingerprint density at radius 2 is 1.92 bits per heavy atom. The van der Waals surface area contributed by atoms with E-state index in [1.165, 1.54) is 5.56 Å². The third-order valence-electron chi connectivity index (χ3n) is 3.94. The van der Waals surface area contributed by atoms with Gasteiger partial charge < -0.3 is 14.3 Å². The van der Waals surface area contributed by atoms with Gasteiger partial charge in [0, 0.05) is 0 Å². The Morgan fingerprint density at radius 3 is 2.54 bits per heavy atom. The summed E-state index contributed by atoms with van der Waals surface area (Å²) in [7, 11) is 1.58. The lowest BCUT2D eigenvalue weighted by Gasteiger charge is -2.14. The molecule has 1 aliphatic heterocycles. The van der Waals surface area contributed by atoms with Crippen LogP contribution in [0.15, 0.2) is 51.6 Å². The zero-order valence-corrected chi connectivity index (χ0v) is 16.3. The summed E-state index contributed by atoms with van der Waals surface area (Å²) < 4.78 is 12.1. The molecule has 0 amide bonds. The van der Waals surface area contributed by atoms with E-state index in [-0.39, 0.29) is 0 Å². The predicted octanol–water partition coefficient (Wildman–Crippen LogP) is 4.66. The first-order valence-electron chi connectivity index (χ1n) is 8.02. The number of rotatable bonds is 5. The van der Waals surface area contributed by atoms with Crippen molar-refractivity contribution in [3.8, 4) is 11.5 Å². The molecule has 2 aromatic carbocycles. The second-order valence-electron chi connectivity index (χ2n) is 5.92. The SMILES string of the molecule is COc1cc(/C=C2/C(=O)ON=C2C)cc(Br)c1OCc1ccc(C)cc1. The van der Waals surface area contributed by atoms with Crippen molar-refractivity contribution in [2.45, 2.75) is 20.5 Å². The average molecular weight is 416 g/mol. The molecule has 0 radical (unpaired) electrons. The van der Waals surface area contributed by atoms with Gasteiger partial charge in [0.2, 0.25) is 0 Å². The van der Waals surface area contributed by atoms with E-state index in [1.807, 2.05) is 37.3 Å². The second kappa shape index (κ2) is 7.74. The van der Waals surface area contributed by atoms with Crippen LogP contribution in [0, 0.1) is 6.92 Å². The van der Waals surface area contributed by atoms with Gasteiger partial charge in [-0.2, -0.15) is 0 Å². The number of oxime groups is 1. The van der Waals surface area contributed by atoms with Gasteiger partial charge in [0.25, 0.3) is 0 Å². The molecule has 0 aromatic heterocycles. The number of aryl methyl sites for hydroxylation is 1. The van der Waals surface area contributed by atoms with Crippen molar-refractivity contribution in [3.05, 3.63) is 63.1 Å². The highest BCUT2D eigenvalue weighted by Crippen LogP contribution is 2.38. The summed E-state index contributed by atoms with van der Waals surface area (Å²) in [5, 5.41) is 3.68. The molecule has 0 fully saturated rings. The number of nitrogens with zero attached hydrogens (tertiary/aromatic N) is 1. The number of hydrogen-bond donors (Lipinski definition) is 0. The van der Waals surface area contributed by atoms with Gasteiger partial charge in [0.1, 0.15) is 6.61 Å². The topological polar surface area (TPSA) is 57.1 Å². The molecule has 0 atom stereocenters. The van der Waals surface area contributed by atoms with Gasteiger partial charge in [-0.05, 0) is 59.1 Å². The number of methoxy groups -OCH3 is 1. The minimum atomic E-state index is -0.461. The van der Waals surface area contributed by atoms with Crippen LogP contribution in [0.3, 0.4) is 0 Å². The summed E-state index contributed by atoms with van der Waals surface area (Å²) in [5.41, 5.74) is 4.02. The van der Waals surface area contributed by atoms with Crippen molar-refractivity contribution in [2.24, 2.45) is 5.16 Å². The molecule has 1 aliphatic rings. The van der Waals surface area contributed by atoms with Crippen molar-refractivity contribution in [3.63, 3.8) is 0 Å². The number of carbonyl (C=O) groups excluding carboxylic acids is 1. The Hall–Kier alpha value is -2.60. The van der Waals surface area contributed by atoms with Crippen LogP contribution in [0.1, 0.15) is 23.6 Å². The number of ether oxygens (including phenoxy) is 2. The molecule has 0 saturated carbocycles. The maximum absolute atomic E-state index is 11.7. The van der Waals surface area contributed by atoms with Crippen LogP contribution in [0.5, 0.6) is 11.5 Å². The third kappa shape index (κ3) is 3.96. The van der Waals surface area contributed by atoms with E-state index in [9.17, 15) is 4.79 Å². The van der Waals surface area contributed by atoms with E-state index in [0.717, 1.165) is 15.6 Å². The van der Waals surface area contributed by atoms with Crippen LogP contribution >= 0.6 is 15.9 Å². The molecular weight excluding hydrogens is 398 g/mol. The van der Waals surface area contributed by atoms with Crippen LogP contribution in [-0.4, -0.2) is 18.8 Å². The lowest BCUT2D eigenvalue weighted by atomic mass is 10.1. The van der Waals surface area contributed by atoms with Gasteiger partial charge in [-0.1, -0.05) is 35.0 Å². The monoisotopic (exact) mass is 415 g/mol. The van der Waals surface area contributed by atoms with Crippen LogP contribution in [0.2, 0.25) is 0 Å². The molecule has 0 aliphatic carbocycles. The Balaban J connectivity index is 1.85. The van der Waals surface area contributed by atoms with E-state index in [4.69, 9.17) is 9.47 Å². The van der Waals surface area contributed by atoms with Crippen molar-refractivity contribution in [1.82, 2.24) is 0 Å². The average Bonchev–Trinajstić information content (AvgIpc) is 2.94. The Kier molecular flexibility index (Phi) is 5.42. The van der Waals surface area contributed by atoms with E-state index >= 15 is 0 Å². The summed E-state index contributed by atoms with van der Waals surface area (Å²) in [6.45, 7) is 4.19. The van der Waals surface area contributed by atoms with Crippen molar-refractivity contribution in [2.75, 3.05) is 7.11 Å². The lowest BCUT2D eigenvalue weighted by Crippen LogP contribution is -2.02. The Morgan fingerprint density at radius 1 is 1.19 bits per heavy atom. The van der Waals surface area contributed by atoms with Crippen LogP contribution in [0.4, 0.5) is 0 Å². The molecule has 0 spiro atoms. The number of carbonyl (C=O) groups is 1. The highest BCUT2D eigenvalue weighted by atomic mass is 79.9. The Labute approximate surface area is 160 Å². The summed E-state index contributed by atoms with van der Waals surface area (Å²) >= 11 is 3.52. The number of hydrogen-bond acceptors (Lipinski definition) is 5. The van der Waals surface area contributed by atoms with Crippen LogP contribution in [0.25, 0.3) is 6.08 Å². The van der Waals surface area contributed by atoms with Gasteiger partial charge in [0.15, 0.2) is 11.5 Å². The lowest BCUT2D eigenvalue weighted by molar-refractivity contribution is -0.136. The zero-order chi connectivity index (χ0) is 18.7. The van der Waals surface area contributed by atoms with Gasteiger partial charge in [-0.3, -0.25) is 0 Å². The fraction of sp³-hybridized carbons (Fsp3) is 0.200. The maximum atomic E-state index is 11.7. The predicted molar refractivity (Wildman–Crippen MR) is 103 cm³/mol. The fourth-order valence-corrected chi connectivity index (χ4v) is 3.06. The quantitative estimate of drug-likeness (QED) is 0.526. The standard InChI is InChI=1S/C20H18BrNO4/c1-12-4-6-14(7-5-12)11-25-19-17(21)9-15(10-18(19)24-3)8-16-13(2)22-26-20(16)23/h4-10H,11H2,1-3H3/b16-8+. The zero-order valence-electron chi connectivity index (χ0n) is 14.7. The molecule has 0 N–H and O–H groups in total. The van der Waals surface area contributed by atoms with E-state index < -0.39 is 5.97 Å². The maximum Gasteiger partial charge on any atom is 0.367 e. The largest absolute Gasteiger partial charge is 0.493 e. The molecule has 6 heteroatoms. The van der Waals surface area contributed by atoms with E-state index in [0.29, 0.717) is 29.4 Å². The summed E-state index contributed by atoms with van der Waals surface area (Å²) in [4.78, 5) is 16.4. The Bertz CT molecular complexity index is 901. The normalized spacial score (nSPS) is 15.0. The van der Waals surface area contributed by atoms with Crippen molar-refractivity contribution < 1.29 is 19.1 Å². The molecular formula is C20H18BrNO4. The molecule has 26 heavy (non-hydrogen) atoms. The second-order valence-corrected chi connectivity index (χ2v) is 6.78. The van der Waals surface area contributed by atoms with Crippen LogP contribution < -0.4 is 9.47 Å². The molecule has 0 saturated heterocycles. The van der Waals surface area contributed by atoms with Gasteiger partial charge in [0.05, 0.1) is 22.9 Å². The molecule has 0 bridgehead atoms. The molecule has 134 valence electrons. The fourth-order valence-electron chi connectivity index (χ4n) is 2.49. The minimum absolute atomic E-state index is 0.423. The summed E-state index contributed by atoms with van der Waals surface area (Å²) in [5.74, 6) is 0.714. The summed E-state index contributed by atoms with van der Waals surface area (Å²) in [6, 6.07) is 11.8. The van der Waals surface area contributed by atoms with Crippen LogP contribution in [-0.2, 0) is 16.2 Å². The van der Waals surface area contributed by atoms with Gasteiger partial charge in [-0.15, -0.1) is 0 Å². The first-order valence-corrected chi connectivity index (χ1v) is 8.81. The highest BCUT2D eigenvalue weighted by molar-refractivity contribution is 9.10. The molecule has 2 aromatic rings. The van der Waals surface area contributed by atoms with Gasteiger partial charge >= 0.3 is 5.97 Å². The number of benzene rings is 2. The molecule has 1 heterocycles. The number of halogens is 1. The van der Waals surface area contributed by atoms with E-state index in [1.54, 1.807) is 26.2 Å². The highest BCUT2D eigenvalue weighted by Gasteiger charge is 2.22.